The number of carbonyl (C=O) groups excluding carboxylic acids is 2. The largest absolute Gasteiger partial charge is 0.494 e. The number of nitrogens with one attached hydrogen (secondary N) is 3. The van der Waals surface area contributed by atoms with Crippen LogP contribution in [0.3, 0.4) is 0 Å². The second kappa shape index (κ2) is 21.2. The number of hydrogen-bond acceptors (Lipinski definition) is 13. The minimum atomic E-state index is -2.74. The minimum Gasteiger partial charge on any atom is -0.494 e. The normalized spacial score (nSPS) is 19.8. The van der Waals surface area contributed by atoms with Crippen molar-refractivity contribution < 1.29 is 27.7 Å². The van der Waals surface area contributed by atoms with Gasteiger partial charge in [-0.25, -0.2) is 13.8 Å². The maximum atomic E-state index is 15.3. The fraction of sp³-hybridized carbons (Fsp3) is 0.481. The number of methoxy groups -OCH3 is 1. The number of hydrogen-bond donors (Lipinski definition) is 3. The van der Waals surface area contributed by atoms with Crippen molar-refractivity contribution in [2.75, 3.05) is 99.8 Å². The Kier molecular flexibility index (Phi) is 15.1. The summed E-state index contributed by atoms with van der Waals surface area (Å²) in [5.74, 6) is -1.44. The molecule has 0 radical (unpaired) electrons. The Balaban J connectivity index is 0.769. The molecular weight excluding hydrogens is 978 g/mol. The average molecular weight is 1040 g/mol. The standard InChI is InChI=1S/C52H64BrF2N10O4P/c1-6-33-26-44(59-52-56-30-39(53)50(61-52)58-43-12-11-42-37(49(43)70(4,5)68)9-8-34(7-2)57-42)46(69-3)29-45(33)64-20-16-35(17-21-64)63-24-22-62(23-25-63)18-14-32-15-19-65(31-32)36-27-40(54)48(41(55)28-36)38-10-13-47(66)60-51(38)67/h8-9,11-12,26-30,32,35,38H,6-7,10,13-25,31H2,1-5H3,(H,60,66,67)(H2,56,58,59,61). The summed E-state index contributed by atoms with van der Waals surface area (Å²) in [5, 5.41) is 10.7. The van der Waals surface area contributed by atoms with Crippen LogP contribution in [-0.4, -0.2) is 122 Å². The summed E-state index contributed by atoms with van der Waals surface area (Å²) in [6, 6.07) is 15.4. The van der Waals surface area contributed by atoms with Crippen molar-refractivity contribution in [2.45, 2.75) is 77.2 Å². The van der Waals surface area contributed by atoms with E-state index >= 15 is 8.78 Å². The Morgan fingerprint density at radius 1 is 0.857 bits per heavy atom. The SMILES string of the molecule is CCc1ccc2c(P(C)(C)=O)c(Nc3nc(Nc4cc(CC)c(N5CCC(N6CCN(CCC7CCN(c8cc(F)c(C9CCC(=O)NC9=O)c(F)c8)C7)CC6)CC5)cc4OC)ncc3Br)ccc2n1. The van der Waals surface area contributed by atoms with Crippen LogP contribution in [0.1, 0.15) is 75.1 Å². The van der Waals surface area contributed by atoms with E-state index in [9.17, 15) is 14.2 Å². The molecule has 6 heterocycles. The lowest BCUT2D eigenvalue weighted by Crippen LogP contribution is -2.53. The number of carbonyl (C=O) groups is 2. The molecule has 2 aromatic heterocycles. The zero-order valence-corrected chi connectivity index (χ0v) is 43.3. The molecule has 4 saturated heterocycles. The molecule has 0 bridgehead atoms. The summed E-state index contributed by atoms with van der Waals surface area (Å²) in [6.45, 7) is 16.4. The number of piperazine rings is 1. The summed E-state index contributed by atoms with van der Waals surface area (Å²) in [4.78, 5) is 47.9. The molecule has 4 fully saturated rings. The maximum Gasteiger partial charge on any atom is 0.234 e. The number of fused-ring (bicyclic) bond motifs is 1. The molecule has 2 atom stereocenters. The number of pyridine rings is 1. The van der Waals surface area contributed by atoms with Gasteiger partial charge in [0.15, 0.2) is 0 Å². The Morgan fingerprint density at radius 2 is 1.60 bits per heavy atom. The van der Waals surface area contributed by atoms with Gasteiger partial charge < -0.3 is 34.6 Å². The van der Waals surface area contributed by atoms with E-state index < -0.39 is 36.5 Å². The van der Waals surface area contributed by atoms with Crippen LogP contribution < -0.4 is 35.8 Å². The summed E-state index contributed by atoms with van der Waals surface area (Å²) in [7, 11) is -1.06. The lowest BCUT2D eigenvalue weighted by atomic mass is 9.89. The van der Waals surface area contributed by atoms with Crippen LogP contribution in [0.25, 0.3) is 10.9 Å². The fourth-order valence-electron chi connectivity index (χ4n) is 10.9. The Hall–Kier alpha value is -5.22. The van der Waals surface area contributed by atoms with Crippen LogP contribution in [-0.2, 0) is 27.0 Å². The van der Waals surface area contributed by atoms with Crippen LogP contribution in [0.2, 0.25) is 0 Å². The molecular formula is C52H64BrF2N10O4P. The number of amides is 2. The van der Waals surface area contributed by atoms with Crippen LogP contribution in [0, 0.1) is 17.6 Å². The number of rotatable bonds is 15. The van der Waals surface area contributed by atoms with Gasteiger partial charge in [0.1, 0.15) is 30.3 Å². The molecule has 0 aliphatic carbocycles. The van der Waals surface area contributed by atoms with Gasteiger partial charge in [-0.05, 0) is 129 Å². The zero-order chi connectivity index (χ0) is 49.3. The average Bonchev–Trinajstić information content (AvgIpc) is 3.83. The monoisotopic (exact) mass is 1040 g/mol. The quantitative estimate of drug-likeness (QED) is 0.0678. The molecule has 2 amide bonds. The molecule has 9 rings (SSSR count). The van der Waals surface area contributed by atoms with E-state index in [1.54, 1.807) is 26.6 Å². The smallest absolute Gasteiger partial charge is 0.234 e. The summed E-state index contributed by atoms with van der Waals surface area (Å²) < 4.78 is 50.9. The Morgan fingerprint density at radius 3 is 2.29 bits per heavy atom. The van der Waals surface area contributed by atoms with Crippen molar-refractivity contribution in [3.63, 3.8) is 0 Å². The molecule has 70 heavy (non-hydrogen) atoms. The number of piperidine rings is 2. The molecule has 0 spiro atoms. The molecule has 3 N–H and O–H groups in total. The maximum absolute atomic E-state index is 15.3. The van der Waals surface area contributed by atoms with Gasteiger partial charge in [0.05, 0.1) is 34.4 Å². The van der Waals surface area contributed by atoms with Crippen molar-refractivity contribution in [2.24, 2.45) is 5.92 Å². The van der Waals surface area contributed by atoms with Crippen molar-refractivity contribution in [3.8, 4) is 5.75 Å². The predicted molar refractivity (Wildman–Crippen MR) is 279 cm³/mol. The van der Waals surface area contributed by atoms with Crippen molar-refractivity contribution in [1.29, 1.82) is 0 Å². The molecule has 4 aliphatic rings. The van der Waals surface area contributed by atoms with Gasteiger partial charge in [-0.2, -0.15) is 4.98 Å². The highest BCUT2D eigenvalue weighted by Gasteiger charge is 2.34. The van der Waals surface area contributed by atoms with Crippen LogP contribution in [0.4, 0.5) is 43.3 Å². The van der Waals surface area contributed by atoms with Gasteiger partial charge in [0.25, 0.3) is 0 Å². The summed E-state index contributed by atoms with van der Waals surface area (Å²) in [6.07, 6.45) is 7.71. The lowest BCUT2D eigenvalue weighted by Gasteiger charge is -2.43. The molecule has 3 aromatic carbocycles. The van der Waals surface area contributed by atoms with Gasteiger partial charge in [-0.3, -0.25) is 24.8 Å². The van der Waals surface area contributed by atoms with E-state index in [1.165, 1.54) is 23.4 Å². The topological polar surface area (TPSA) is 148 Å². The van der Waals surface area contributed by atoms with Crippen molar-refractivity contribution in [1.82, 2.24) is 30.1 Å². The zero-order valence-electron chi connectivity index (χ0n) is 40.8. The number of halogens is 3. The first-order valence-corrected chi connectivity index (χ1v) is 28.1. The van der Waals surface area contributed by atoms with Gasteiger partial charge in [-0.1, -0.05) is 19.9 Å². The van der Waals surface area contributed by atoms with Crippen molar-refractivity contribution >= 4 is 85.6 Å². The van der Waals surface area contributed by atoms with E-state index in [0.29, 0.717) is 45.3 Å². The second-order valence-electron chi connectivity index (χ2n) is 19.5. The Bertz CT molecular complexity index is 2790. The van der Waals surface area contributed by atoms with Crippen LogP contribution in [0.15, 0.2) is 59.2 Å². The van der Waals surface area contributed by atoms with Gasteiger partial charge in [0, 0.05) is 110 Å². The van der Waals surface area contributed by atoms with E-state index in [-0.39, 0.29) is 18.4 Å². The molecule has 18 heteroatoms. The Labute approximate surface area is 417 Å². The summed E-state index contributed by atoms with van der Waals surface area (Å²) >= 11 is 3.63. The van der Waals surface area contributed by atoms with E-state index in [1.807, 2.05) is 24.3 Å². The highest BCUT2D eigenvalue weighted by molar-refractivity contribution is 9.10. The summed E-state index contributed by atoms with van der Waals surface area (Å²) in [5.41, 5.74) is 5.93. The van der Waals surface area contributed by atoms with E-state index in [4.69, 9.17) is 14.7 Å². The number of nitrogens with zero attached hydrogens (tertiary/aromatic N) is 7. The highest BCUT2D eigenvalue weighted by Crippen LogP contribution is 2.43. The fourth-order valence-corrected chi connectivity index (χ4v) is 12.6. The third-order valence-corrected chi connectivity index (χ3v) is 16.9. The van der Waals surface area contributed by atoms with Gasteiger partial charge in [-0.15, -0.1) is 0 Å². The predicted octanol–water partition coefficient (Wildman–Crippen LogP) is 8.96. The molecule has 372 valence electrons. The van der Waals surface area contributed by atoms with E-state index in [0.717, 1.165) is 125 Å². The number of aromatic nitrogens is 3. The third-order valence-electron chi connectivity index (χ3n) is 14.7. The van der Waals surface area contributed by atoms with Crippen LogP contribution >= 0.6 is 23.1 Å². The number of anilines is 6. The molecule has 4 aliphatic heterocycles. The number of imide groups is 1. The molecule has 0 saturated carbocycles. The first-order chi connectivity index (χ1) is 33.7. The second-order valence-corrected chi connectivity index (χ2v) is 23.5. The first kappa shape index (κ1) is 49.7. The number of aryl methyl sites for hydroxylation is 2. The molecule has 5 aromatic rings. The highest BCUT2D eigenvalue weighted by atomic mass is 79.9. The number of benzene rings is 3. The van der Waals surface area contributed by atoms with E-state index in [2.05, 4.69) is 82.4 Å². The van der Waals surface area contributed by atoms with Crippen molar-refractivity contribution in [3.05, 3.63) is 87.7 Å². The minimum absolute atomic E-state index is 0.0687. The van der Waals surface area contributed by atoms with Gasteiger partial charge >= 0.3 is 0 Å². The first-order valence-electron chi connectivity index (χ1n) is 24.7. The van der Waals surface area contributed by atoms with Crippen LogP contribution in [0.5, 0.6) is 5.75 Å². The lowest BCUT2D eigenvalue weighted by molar-refractivity contribution is -0.134. The molecule has 2 unspecified atom stereocenters. The number of ether oxygens (including phenoxy) is 1. The van der Waals surface area contributed by atoms with Gasteiger partial charge in [0.2, 0.25) is 17.8 Å². The third kappa shape index (κ3) is 10.8. The molecule has 14 nitrogen and oxygen atoms in total.